The van der Waals surface area contributed by atoms with Crippen molar-refractivity contribution >= 4 is 12.6 Å². The Morgan fingerprint density at radius 3 is 2.04 bits per heavy atom. The van der Waals surface area contributed by atoms with E-state index in [9.17, 15) is 4.39 Å². The van der Waals surface area contributed by atoms with E-state index in [1.54, 1.807) is 6.07 Å². The zero-order chi connectivity index (χ0) is 16.2. The number of benzene rings is 3. The van der Waals surface area contributed by atoms with Crippen LogP contribution in [-0.2, 0) is 6.42 Å². The molecule has 0 fully saturated rings. The lowest BCUT2D eigenvalue weighted by Crippen LogP contribution is -2.29. The summed E-state index contributed by atoms with van der Waals surface area (Å²) in [6.45, 7) is 0. The first-order chi connectivity index (χ1) is 11.1. The first-order valence-electron chi connectivity index (χ1n) is 7.42. The molecule has 114 valence electrons. The summed E-state index contributed by atoms with van der Waals surface area (Å²) in [4.78, 5) is 0. The van der Waals surface area contributed by atoms with Crippen molar-refractivity contribution in [3.05, 3.63) is 89.7 Å². The second kappa shape index (κ2) is 6.77. The summed E-state index contributed by atoms with van der Waals surface area (Å²) in [5.41, 5.74) is 3.74. The van der Waals surface area contributed by atoms with Crippen LogP contribution in [0.1, 0.15) is 11.1 Å². The first-order valence-corrected chi connectivity index (χ1v) is 7.42. The molecule has 3 aromatic rings. The van der Waals surface area contributed by atoms with Crippen LogP contribution in [0, 0.1) is 5.82 Å². The molecule has 0 aliphatic rings. The van der Waals surface area contributed by atoms with Gasteiger partial charge in [0.05, 0.1) is 0 Å². The molecule has 23 heavy (non-hydrogen) atoms. The topological polar surface area (TPSA) is 40.5 Å². The zero-order valence-corrected chi connectivity index (χ0v) is 12.5. The van der Waals surface area contributed by atoms with Crippen molar-refractivity contribution in [3.63, 3.8) is 0 Å². The quantitative estimate of drug-likeness (QED) is 0.728. The lowest BCUT2D eigenvalue weighted by atomic mass is 9.79. The van der Waals surface area contributed by atoms with Crippen molar-refractivity contribution in [1.82, 2.24) is 0 Å². The Kier molecular flexibility index (Phi) is 4.56. The van der Waals surface area contributed by atoms with Gasteiger partial charge in [-0.15, -0.1) is 0 Å². The molecule has 4 heteroatoms. The van der Waals surface area contributed by atoms with Crippen LogP contribution in [-0.4, -0.2) is 17.2 Å². The van der Waals surface area contributed by atoms with Gasteiger partial charge in [-0.25, -0.2) is 4.39 Å². The van der Waals surface area contributed by atoms with Crippen LogP contribution >= 0.6 is 0 Å². The van der Waals surface area contributed by atoms with Crippen LogP contribution in [0.5, 0.6) is 0 Å². The molecule has 0 aromatic heterocycles. The van der Waals surface area contributed by atoms with E-state index < -0.39 is 12.9 Å². The minimum absolute atomic E-state index is 0.145. The van der Waals surface area contributed by atoms with E-state index in [0.717, 1.165) is 23.6 Å². The molecule has 0 heterocycles. The first kappa shape index (κ1) is 15.5. The van der Waals surface area contributed by atoms with Gasteiger partial charge in [0.25, 0.3) is 0 Å². The molecule has 0 amide bonds. The summed E-state index contributed by atoms with van der Waals surface area (Å²) in [6, 6.07) is 22.1. The molecule has 0 unspecified atom stereocenters. The van der Waals surface area contributed by atoms with Crippen molar-refractivity contribution in [2.45, 2.75) is 6.42 Å². The van der Waals surface area contributed by atoms with Crippen LogP contribution in [0.15, 0.2) is 72.8 Å². The molecular formula is C19H16BFO2. The molecule has 0 aliphatic carbocycles. The third-order valence-electron chi connectivity index (χ3n) is 3.81. The Balaban J connectivity index is 1.82. The highest BCUT2D eigenvalue weighted by Gasteiger charge is 2.14. The van der Waals surface area contributed by atoms with Gasteiger partial charge in [0.15, 0.2) is 0 Å². The summed E-state index contributed by atoms with van der Waals surface area (Å²) in [7, 11) is -1.66. The molecule has 2 nitrogen and oxygen atoms in total. The van der Waals surface area contributed by atoms with Crippen LogP contribution in [0.3, 0.4) is 0 Å². The number of halogens is 1. The molecule has 0 saturated heterocycles. The summed E-state index contributed by atoms with van der Waals surface area (Å²) in [6.07, 6.45) is 0.833. The maximum atomic E-state index is 14.1. The van der Waals surface area contributed by atoms with Gasteiger partial charge in [0.1, 0.15) is 5.82 Å². The fraction of sp³-hybridized carbons (Fsp3) is 0.0526. The van der Waals surface area contributed by atoms with E-state index in [1.807, 2.05) is 42.5 Å². The lowest BCUT2D eigenvalue weighted by molar-refractivity contribution is 0.425. The molecular weight excluding hydrogens is 290 g/mol. The van der Waals surface area contributed by atoms with E-state index in [4.69, 9.17) is 10.0 Å². The van der Waals surface area contributed by atoms with Crippen LogP contribution in [0.2, 0.25) is 0 Å². The standard InChI is InChI=1S/C19H16BFO2/c21-19-13-17(20(22)23)10-11-18(19)16-8-6-15(7-9-16)12-14-4-2-1-3-5-14/h1-11,13,22-23H,12H2. The Hall–Kier alpha value is -2.43. The van der Waals surface area contributed by atoms with Crippen LogP contribution in [0.25, 0.3) is 11.1 Å². The van der Waals surface area contributed by atoms with Gasteiger partial charge in [-0.3, -0.25) is 0 Å². The lowest BCUT2D eigenvalue weighted by Gasteiger charge is -2.08. The summed E-state index contributed by atoms with van der Waals surface area (Å²) in [5.74, 6) is -0.466. The third-order valence-corrected chi connectivity index (χ3v) is 3.81. The molecule has 0 saturated carbocycles. The third kappa shape index (κ3) is 3.67. The minimum atomic E-state index is -1.66. The van der Waals surface area contributed by atoms with Gasteiger partial charge in [0, 0.05) is 5.56 Å². The smallest absolute Gasteiger partial charge is 0.423 e. The molecule has 0 aliphatic heterocycles. The van der Waals surface area contributed by atoms with Gasteiger partial charge in [-0.05, 0) is 34.6 Å². The highest BCUT2D eigenvalue weighted by Crippen LogP contribution is 2.23. The Bertz CT molecular complexity index is 786. The van der Waals surface area contributed by atoms with Crippen molar-refractivity contribution < 1.29 is 14.4 Å². The fourth-order valence-corrected chi connectivity index (χ4v) is 2.56. The average molecular weight is 306 g/mol. The maximum absolute atomic E-state index is 14.1. The average Bonchev–Trinajstić information content (AvgIpc) is 2.56. The van der Waals surface area contributed by atoms with Gasteiger partial charge >= 0.3 is 7.12 Å². The van der Waals surface area contributed by atoms with E-state index in [-0.39, 0.29) is 5.46 Å². The van der Waals surface area contributed by atoms with E-state index in [1.165, 1.54) is 11.6 Å². The highest BCUT2D eigenvalue weighted by molar-refractivity contribution is 6.58. The van der Waals surface area contributed by atoms with Crippen LogP contribution < -0.4 is 5.46 Å². The second-order valence-corrected chi connectivity index (χ2v) is 5.47. The summed E-state index contributed by atoms with van der Waals surface area (Å²) >= 11 is 0. The largest absolute Gasteiger partial charge is 0.488 e. The van der Waals surface area contributed by atoms with Gasteiger partial charge < -0.3 is 10.0 Å². The summed E-state index contributed by atoms with van der Waals surface area (Å²) < 4.78 is 14.1. The molecule has 0 atom stereocenters. The molecule has 3 rings (SSSR count). The zero-order valence-electron chi connectivity index (χ0n) is 12.5. The molecule has 2 N–H and O–H groups in total. The molecule has 0 bridgehead atoms. The number of hydrogen-bond donors (Lipinski definition) is 2. The number of rotatable bonds is 4. The normalized spacial score (nSPS) is 10.6. The SMILES string of the molecule is OB(O)c1ccc(-c2ccc(Cc3ccccc3)cc2)c(F)c1. The second-order valence-electron chi connectivity index (χ2n) is 5.47. The van der Waals surface area contributed by atoms with Crippen molar-refractivity contribution in [3.8, 4) is 11.1 Å². The Morgan fingerprint density at radius 2 is 1.43 bits per heavy atom. The van der Waals surface area contributed by atoms with E-state index in [0.29, 0.717) is 5.56 Å². The van der Waals surface area contributed by atoms with Gasteiger partial charge in [-0.1, -0.05) is 66.7 Å². The molecule has 0 radical (unpaired) electrons. The van der Waals surface area contributed by atoms with Gasteiger partial charge in [-0.2, -0.15) is 0 Å². The summed E-state index contributed by atoms with van der Waals surface area (Å²) in [5, 5.41) is 18.2. The minimum Gasteiger partial charge on any atom is -0.423 e. The van der Waals surface area contributed by atoms with Crippen molar-refractivity contribution in [2.75, 3.05) is 0 Å². The predicted molar refractivity (Wildman–Crippen MR) is 90.9 cm³/mol. The van der Waals surface area contributed by atoms with Crippen LogP contribution in [0.4, 0.5) is 4.39 Å². The Labute approximate surface area is 135 Å². The predicted octanol–water partition coefficient (Wildman–Crippen LogP) is 2.76. The Morgan fingerprint density at radius 1 is 0.783 bits per heavy atom. The molecule has 3 aromatic carbocycles. The number of hydrogen-bond acceptors (Lipinski definition) is 2. The van der Waals surface area contributed by atoms with E-state index in [2.05, 4.69) is 12.1 Å². The van der Waals surface area contributed by atoms with Gasteiger partial charge in [0.2, 0.25) is 0 Å². The van der Waals surface area contributed by atoms with E-state index >= 15 is 0 Å². The molecule has 0 spiro atoms. The van der Waals surface area contributed by atoms with Crippen molar-refractivity contribution in [1.29, 1.82) is 0 Å². The monoisotopic (exact) mass is 306 g/mol. The fourth-order valence-electron chi connectivity index (χ4n) is 2.56. The van der Waals surface area contributed by atoms with Crippen molar-refractivity contribution in [2.24, 2.45) is 0 Å². The maximum Gasteiger partial charge on any atom is 0.488 e. The highest BCUT2D eigenvalue weighted by atomic mass is 19.1.